The van der Waals surface area contributed by atoms with Crippen molar-refractivity contribution < 1.29 is 4.74 Å². The minimum absolute atomic E-state index is 0.397. The first-order chi connectivity index (χ1) is 9.31. The Bertz CT molecular complexity index is 368. The van der Waals surface area contributed by atoms with E-state index >= 15 is 0 Å². The molecule has 1 aliphatic heterocycles. The summed E-state index contributed by atoms with van der Waals surface area (Å²) in [6, 6.07) is 0. The number of nitrogens with one attached hydrogen (secondary N) is 1. The molecule has 0 bridgehead atoms. The molecule has 0 spiro atoms. The molecule has 1 aromatic rings. The van der Waals surface area contributed by atoms with Crippen LogP contribution in [0.4, 0.5) is 0 Å². The number of hydrogen-bond donors (Lipinski definition) is 1. The average molecular weight is 267 g/mol. The van der Waals surface area contributed by atoms with Crippen LogP contribution in [0.15, 0.2) is 6.20 Å². The molecule has 0 aromatic carbocycles. The number of hydrogen-bond acceptors (Lipinski definition) is 5. The van der Waals surface area contributed by atoms with Crippen molar-refractivity contribution in [3.05, 3.63) is 11.9 Å². The van der Waals surface area contributed by atoms with E-state index < -0.39 is 0 Å². The summed E-state index contributed by atoms with van der Waals surface area (Å²) < 4.78 is 7.61. The minimum Gasteiger partial charge on any atom is -0.376 e. The number of rotatable bonds is 7. The summed E-state index contributed by atoms with van der Waals surface area (Å²) in [5.74, 6) is 0. The Morgan fingerprint density at radius 2 is 2.32 bits per heavy atom. The second-order valence-corrected chi connectivity index (χ2v) is 4.95. The summed E-state index contributed by atoms with van der Waals surface area (Å²) in [4.78, 5) is 2.45. The molecule has 2 heterocycles. The van der Waals surface area contributed by atoms with Gasteiger partial charge in [0, 0.05) is 32.4 Å². The Balaban J connectivity index is 1.73. The topological polar surface area (TPSA) is 55.2 Å². The van der Waals surface area contributed by atoms with E-state index in [4.69, 9.17) is 4.74 Å². The van der Waals surface area contributed by atoms with Crippen molar-refractivity contribution in [3.8, 4) is 0 Å². The third-order valence-corrected chi connectivity index (χ3v) is 3.47. The van der Waals surface area contributed by atoms with Gasteiger partial charge in [0.25, 0.3) is 0 Å². The highest BCUT2D eigenvalue weighted by Gasteiger charge is 2.18. The summed E-state index contributed by atoms with van der Waals surface area (Å²) in [5.41, 5.74) is 1.01. The van der Waals surface area contributed by atoms with Crippen LogP contribution in [-0.4, -0.2) is 58.8 Å². The number of nitrogens with zero attached hydrogens (tertiary/aromatic N) is 4. The highest BCUT2D eigenvalue weighted by atomic mass is 16.5. The first kappa shape index (κ1) is 14.4. The molecule has 1 aliphatic rings. The van der Waals surface area contributed by atoms with Gasteiger partial charge in [-0.2, -0.15) is 0 Å². The summed E-state index contributed by atoms with van der Waals surface area (Å²) in [6.45, 7) is 10.8. The van der Waals surface area contributed by atoms with Gasteiger partial charge in [0.2, 0.25) is 0 Å². The van der Waals surface area contributed by atoms with Gasteiger partial charge in [0.05, 0.1) is 24.9 Å². The van der Waals surface area contributed by atoms with Crippen LogP contribution in [0.3, 0.4) is 0 Å². The van der Waals surface area contributed by atoms with Crippen LogP contribution in [0.25, 0.3) is 0 Å². The van der Waals surface area contributed by atoms with Crippen LogP contribution in [0, 0.1) is 0 Å². The molecule has 108 valence electrons. The molecule has 0 amide bonds. The van der Waals surface area contributed by atoms with Crippen LogP contribution in [-0.2, 0) is 17.8 Å². The van der Waals surface area contributed by atoms with Crippen LogP contribution in [0.1, 0.15) is 26.0 Å². The molecule has 1 N–H and O–H groups in total. The first-order valence-electron chi connectivity index (χ1n) is 7.25. The fourth-order valence-electron chi connectivity index (χ4n) is 2.26. The summed E-state index contributed by atoms with van der Waals surface area (Å²) >= 11 is 0. The average Bonchev–Trinajstić information content (AvgIpc) is 2.91. The smallest absolute Gasteiger partial charge is 0.0964 e. The van der Waals surface area contributed by atoms with Gasteiger partial charge in [-0.15, -0.1) is 5.10 Å². The molecular weight excluding hydrogens is 242 g/mol. The number of aromatic nitrogens is 3. The predicted octanol–water partition coefficient (Wildman–Crippen LogP) is 0.498. The maximum absolute atomic E-state index is 5.67. The van der Waals surface area contributed by atoms with E-state index in [1.807, 2.05) is 10.9 Å². The monoisotopic (exact) mass is 267 g/mol. The van der Waals surface area contributed by atoms with E-state index in [2.05, 4.69) is 34.4 Å². The van der Waals surface area contributed by atoms with Crippen molar-refractivity contribution in [3.63, 3.8) is 0 Å². The molecule has 1 unspecified atom stereocenters. The standard InChI is InChI=1S/C13H25N5O/c1-3-13-11-17(7-8-19-13)5-6-18-10-12(15-16-18)9-14-4-2/h10,13-14H,3-9,11H2,1-2H3. The largest absolute Gasteiger partial charge is 0.376 e. The van der Waals surface area contributed by atoms with Crippen molar-refractivity contribution in [1.29, 1.82) is 0 Å². The Labute approximate surface area is 115 Å². The van der Waals surface area contributed by atoms with Crippen LogP contribution < -0.4 is 5.32 Å². The van der Waals surface area contributed by atoms with Crippen LogP contribution >= 0.6 is 0 Å². The van der Waals surface area contributed by atoms with Gasteiger partial charge in [0.1, 0.15) is 0 Å². The van der Waals surface area contributed by atoms with Gasteiger partial charge >= 0.3 is 0 Å². The van der Waals surface area contributed by atoms with Crippen molar-refractivity contribution in [1.82, 2.24) is 25.2 Å². The normalized spacial score (nSPS) is 20.8. The van der Waals surface area contributed by atoms with Crippen molar-refractivity contribution in [2.75, 3.05) is 32.8 Å². The van der Waals surface area contributed by atoms with Gasteiger partial charge in [0.15, 0.2) is 0 Å². The van der Waals surface area contributed by atoms with Gasteiger partial charge in [-0.3, -0.25) is 9.58 Å². The highest BCUT2D eigenvalue weighted by Crippen LogP contribution is 2.08. The quantitative estimate of drug-likeness (QED) is 0.779. The maximum Gasteiger partial charge on any atom is 0.0964 e. The van der Waals surface area contributed by atoms with Crippen LogP contribution in [0.5, 0.6) is 0 Å². The fraction of sp³-hybridized carbons (Fsp3) is 0.846. The molecule has 1 saturated heterocycles. The Morgan fingerprint density at radius 1 is 1.42 bits per heavy atom. The Kier molecular flexibility index (Phi) is 5.75. The third kappa shape index (κ3) is 4.56. The molecule has 0 saturated carbocycles. The highest BCUT2D eigenvalue weighted by molar-refractivity contribution is 4.91. The molecule has 6 nitrogen and oxygen atoms in total. The molecule has 1 aromatic heterocycles. The van der Waals surface area contributed by atoms with Gasteiger partial charge in [-0.05, 0) is 13.0 Å². The summed E-state index contributed by atoms with van der Waals surface area (Å²) in [6.07, 6.45) is 3.52. The summed E-state index contributed by atoms with van der Waals surface area (Å²) in [7, 11) is 0. The zero-order chi connectivity index (χ0) is 13.5. The van der Waals surface area contributed by atoms with E-state index in [9.17, 15) is 0 Å². The van der Waals surface area contributed by atoms with Crippen LogP contribution in [0.2, 0.25) is 0 Å². The molecule has 1 atom stereocenters. The SMILES string of the molecule is CCNCc1cn(CCN2CCOC(CC)C2)nn1. The molecular formula is C13H25N5O. The summed E-state index contributed by atoms with van der Waals surface area (Å²) in [5, 5.41) is 11.6. The van der Waals surface area contributed by atoms with Crippen molar-refractivity contribution in [2.45, 2.75) is 39.5 Å². The fourth-order valence-corrected chi connectivity index (χ4v) is 2.26. The van der Waals surface area contributed by atoms with Gasteiger partial charge < -0.3 is 10.1 Å². The molecule has 2 rings (SSSR count). The Morgan fingerprint density at radius 3 is 3.11 bits per heavy atom. The van der Waals surface area contributed by atoms with E-state index in [1.165, 1.54) is 0 Å². The second-order valence-electron chi connectivity index (χ2n) is 4.95. The zero-order valence-corrected chi connectivity index (χ0v) is 12.0. The van der Waals surface area contributed by atoms with Crippen molar-refractivity contribution in [2.24, 2.45) is 0 Å². The number of morpholine rings is 1. The number of ether oxygens (including phenoxy) is 1. The molecule has 6 heteroatoms. The minimum atomic E-state index is 0.397. The maximum atomic E-state index is 5.67. The van der Waals surface area contributed by atoms with E-state index in [1.54, 1.807) is 0 Å². The van der Waals surface area contributed by atoms with Gasteiger partial charge in [-0.1, -0.05) is 19.1 Å². The lowest BCUT2D eigenvalue weighted by Crippen LogP contribution is -2.43. The third-order valence-electron chi connectivity index (χ3n) is 3.47. The lowest BCUT2D eigenvalue weighted by atomic mass is 10.2. The molecule has 19 heavy (non-hydrogen) atoms. The molecule has 0 aliphatic carbocycles. The zero-order valence-electron chi connectivity index (χ0n) is 12.0. The van der Waals surface area contributed by atoms with E-state index in [0.29, 0.717) is 6.10 Å². The van der Waals surface area contributed by atoms with Gasteiger partial charge in [-0.25, -0.2) is 0 Å². The second kappa shape index (κ2) is 7.57. The predicted molar refractivity (Wildman–Crippen MR) is 73.9 cm³/mol. The van der Waals surface area contributed by atoms with Crippen molar-refractivity contribution >= 4 is 0 Å². The molecule has 0 radical (unpaired) electrons. The Hall–Kier alpha value is -0.980. The first-order valence-corrected chi connectivity index (χ1v) is 7.25. The van der Waals surface area contributed by atoms with E-state index in [0.717, 1.165) is 58.0 Å². The molecule has 1 fully saturated rings. The lowest BCUT2D eigenvalue weighted by molar-refractivity contribution is -0.0307. The van der Waals surface area contributed by atoms with E-state index in [-0.39, 0.29) is 0 Å². The lowest BCUT2D eigenvalue weighted by Gasteiger charge is -2.32.